The zero-order chi connectivity index (χ0) is 35.5. The second kappa shape index (κ2) is 14.8. The zero-order valence-corrected chi connectivity index (χ0v) is 26.6. The summed E-state index contributed by atoms with van der Waals surface area (Å²) in [5, 5.41) is 68.7. The number of aliphatic carboxylic acids is 1. The molecule has 1 amide bonds. The summed E-state index contributed by atoms with van der Waals surface area (Å²) in [6.07, 6.45) is -4.50. The molecule has 3 unspecified atom stereocenters. The highest BCUT2D eigenvalue weighted by Crippen LogP contribution is 2.52. The second-order valence-corrected chi connectivity index (χ2v) is 11.8. The van der Waals surface area contributed by atoms with Crippen LogP contribution < -0.4 is 15.9 Å². The van der Waals surface area contributed by atoms with Crippen LogP contribution in [0.15, 0.2) is 23.3 Å². The van der Waals surface area contributed by atoms with Gasteiger partial charge in [-0.3, -0.25) is 19.2 Å². The molecule has 2 aromatic rings. The predicted octanol–water partition coefficient (Wildman–Crippen LogP) is -0.0832. The Labute approximate surface area is 274 Å². The molecule has 2 aromatic carbocycles. The summed E-state index contributed by atoms with van der Waals surface area (Å²) < 4.78 is 16.4. The van der Waals surface area contributed by atoms with E-state index in [4.69, 9.17) is 25.1 Å². The average Bonchev–Trinajstić information content (AvgIpc) is 3.05. The van der Waals surface area contributed by atoms with E-state index in [1.807, 2.05) is 0 Å². The molecule has 16 heteroatoms. The molecule has 4 rings (SSSR count). The molecule has 0 aromatic heterocycles. The first-order valence-corrected chi connectivity index (χ1v) is 15.0. The highest BCUT2D eigenvalue weighted by molar-refractivity contribution is 6.31. The maximum Gasteiger partial charge on any atom is 0.303 e. The molecule has 16 nitrogen and oxygen atoms in total. The molecule has 2 aliphatic rings. The van der Waals surface area contributed by atoms with Crippen molar-refractivity contribution in [2.45, 2.75) is 56.5 Å². The number of aromatic hydroxyl groups is 2. The average molecular weight is 674 g/mol. The van der Waals surface area contributed by atoms with Crippen LogP contribution in [0.5, 0.6) is 17.2 Å². The fraction of sp³-hybridized carbons (Fsp3) is 0.469. The van der Waals surface area contributed by atoms with Gasteiger partial charge in [-0.1, -0.05) is 19.1 Å². The molecule has 2 aliphatic carbocycles. The number of ether oxygens (including phenoxy) is 3. The van der Waals surface area contributed by atoms with Crippen LogP contribution in [0.4, 0.5) is 0 Å². The van der Waals surface area contributed by atoms with Gasteiger partial charge >= 0.3 is 5.97 Å². The van der Waals surface area contributed by atoms with E-state index in [1.54, 1.807) is 6.92 Å². The van der Waals surface area contributed by atoms with Crippen LogP contribution in [-0.4, -0.2) is 112 Å². The van der Waals surface area contributed by atoms with Gasteiger partial charge in [0.2, 0.25) is 11.7 Å². The monoisotopic (exact) mass is 673 g/mol. The number of nitrogens with two attached hydrogens (primary N) is 1. The van der Waals surface area contributed by atoms with Crippen LogP contribution in [0.1, 0.15) is 75.3 Å². The highest BCUT2D eigenvalue weighted by Gasteiger charge is 2.48. The first kappa shape index (κ1) is 36.4. The van der Waals surface area contributed by atoms with Gasteiger partial charge in [-0.15, -0.1) is 0 Å². The number of benzene rings is 2. The number of carboxylic acid groups (broad SMARTS) is 1. The number of nitrogens with one attached hydrogen (secondary N) is 1. The van der Waals surface area contributed by atoms with Gasteiger partial charge in [0.25, 0.3) is 0 Å². The van der Waals surface area contributed by atoms with Crippen molar-refractivity contribution in [1.82, 2.24) is 5.43 Å². The third-order valence-electron chi connectivity index (χ3n) is 8.59. The molecule has 0 fully saturated rings. The van der Waals surface area contributed by atoms with Crippen molar-refractivity contribution in [2.24, 2.45) is 16.8 Å². The van der Waals surface area contributed by atoms with E-state index in [0.717, 1.165) is 0 Å². The summed E-state index contributed by atoms with van der Waals surface area (Å²) in [6.45, 7) is 0.583. The first-order chi connectivity index (χ1) is 22.7. The first-order valence-electron chi connectivity index (χ1n) is 15.0. The van der Waals surface area contributed by atoms with Gasteiger partial charge in [-0.05, 0) is 6.07 Å². The van der Waals surface area contributed by atoms with E-state index in [-0.39, 0.29) is 41.2 Å². The van der Waals surface area contributed by atoms with E-state index >= 15 is 0 Å². The van der Waals surface area contributed by atoms with Crippen molar-refractivity contribution in [2.75, 3.05) is 34.0 Å². The SMILES string of the molecule is COCC(C)C(O)C(N)CO[C@H]1C[C@](O)(/C(CO)=N\NC(=O)CCC(=O)O)Cc2c(O)c3c(c(O)c21)C(=O)c1c(OC)cccc1C3=O. The Morgan fingerprint density at radius 3 is 2.40 bits per heavy atom. The summed E-state index contributed by atoms with van der Waals surface area (Å²) in [6, 6.07) is 3.29. The number of hydrogen-bond donors (Lipinski definition) is 8. The number of hydrazone groups is 1. The predicted molar refractivity (Wildman–Crippen MR) is 166 cm³/mol. The fourth-order valence-electron chi connectivity index (χ4n) is 6.08. The normalized spacial score (nSPS) is 20.6. The molecule has 9 N–H and O–H groups in total. The number of nitrogens with zero attached hydrogens (tertiary/aromatic N) is 1. The van der Waals surface area contributed by atoms with Gasteiger partial charge in [0.1, 0.15) is 22.8 Å². The van der Waals surface area contributed by atoms with E-state index in [0.29, 0.717) is 0 Å². The number of aliphatic hydroxyl groups is 3. The van der Waals surface area contributed by atoms with Gasteiger partial charge in [-0.2, -0.15) is 5.10 Å². The minimum Gasteiger partial charge on any atom is -0.507 e. The Hall–Kier alpha value is -4.45. The van der Waals surface area contributed by atoms with Gasteiger partial charge in [0, 0.05) is 49.0 Å². The van der Waals surface area contributed by atoms with Crippen molar-refractivity contribution in [3.05, 3.63) is 51.6 Å². The number of fused-ring (bicyclic) bond motifs is 3. The minimum atomic E-state index is -2.19. The van der Waals surface area contributed by atoms with E-state index in [1.165, 1.54) is 32.4 Å². The van der Waals surface area contributed by atoms with Gasteiger partial charge in [-0.25, -0.2) is 5.43 Å². The molecule has 0 saturated carbocycles. The number of amides is 1. The van der Waals surface area contributed by atoms with Crippen molar-refractivity contribution < 1.29 is 64.0 Å². The highest BCUT2D eigenvalue weighted by atomic mass is 16.5. The quantitative estimate of drug-likeness (QED) is 0.0632. The number of ketones is 2. The third-order valence-corrected chi connectivity index (χ3v) is 8.59. The Kier molecular flexibility index (Phi) is 11.2. The Morgan fingerprint density at radius 2 is 1.77 bits per heavy atom. The van der Waals surface area contributed by atoms with Crippen LogP contribution >= 0.6 is 0 Å². The van der Waals surface area contributed by atoms with E-state index < -0.39 is 114 Å². The number of carbonyl (C=O) groups is 4. The summed E-state index contributed by atoms with van der Waals surface area (Å²) >= 11 is 0. The molecule has 0 bridgehead atoms. The third kappa shape index (κ3) is 6.89. The van der Waals surface area contributed by atoms with Gasteiger partial charge in [0.05, 0.1) is 74.0 Å². The van der Waals surface area contributed by atoms with Crippen LogP contribution in [0.25, 0.3) is 0 Å². The molecule has 0 spiro atoms. The molecule has 0 saturated heterocycles. The number of carboxylic acids is 1. The number of carbonyl (C=O) groups excluding carboxylic acids is 3. The molecule has 260 valence electrons. The van der Waals surface area contributed by atoms with Crippen LogP contribution in [-0.2, 0) is 25.5 Å². The summed E-state index contributed by atoms with van der Waals surface area (Å²) in [4.78, 5) is 50.6. The van der Waals surface area contributed by atoms with E-state index in [9.17, 15) is 44.7 Å². The second-order valence-electron chi connectivity index (χ2n) is 11.8. The molecule has 0 heterocycles. The molecule has 48 heavy (non-hydrogen) atoms. The molecule has 0 aliphatic heterocycles. The summed E-state index contributed by atoms with van der Waals surface area (Å²) in [5.74, 6) is -5.46. The lowest BCUT2D eigenvalue weighted by Crippen LogP contribution is -2.49. The molecular weight excluding hydrogens is 634 g/mol. The number of rotatable bonds is 14. The van der Waals surface area contributed by atoms with Crippen LogP contribution in [0, 0.1) is 5.92 Å². The standard InChI is InChI=1S/C32H39N3O13/c1-14(12-46-2)27(40)17(33)13-48-19-10-32(45,20(11-36)34-35-21(37)7-8-22(38)39)9-16-24(19)31(44)26-25(29(16)42)28(41)15-5-4-6-18(47-3)23(15)30(26)43/h4-6,14,17,19,27,36,40,42,44-45H,7-13,33H2,1-3H3,(H,35,37)(H,38,39)/b34-20-/t14?,17?,19-,27?,32-/m0/s1. The Balaban J connectivity index is 1.83. The topological polar surface area (TPSA) is 268 Å². The number of phenols is 2. The van der Waals surface area contributed by atoms with Gasteiger partial charge < -0.3 is 50.6 Å². The summed E-state index contributed by atoms with van der Waals surface area (Å²) in [5.41, 5.74) is 4.08. The lowest BCUT2D eigenvalue weighted by Gasteiger charge is -2.40. The number of aliphatic hydroxyl groups excluding tert-OH is 2. The maximum absolute atomic E-state index is 13.8. The lowest BCUT2D eigenvalue weighted by molar-refractivity contribution is -0.138. The largest absolute Gasteiger partial charge is 0.507 e. The summed E-state index contributed by atoms with van der Waals surface area (Å²) in [7, 11) is 2.76. The minimum absolute atomic E-state index is 0.0645. The maximum atomic E-state index is 13.8. The number of methoxy groups -OCH3 is 2. The molecular formula is C32H39N3O13. The van der Waals surface area contributed by atoms with Crippen molar-refractivity contribution in [1.29, 1.82) is 0 Å². The Morgan fingerprint density at radius 1 is 1.08 bits per heavy atom. The molecule has 5 atom stereocenters. The van der Waals surface area contributed by atoms with Crippen molar-refractivity contribution >= 4 is 29.2 Å². The van der Waals surface area contributed by atoms with E-state index in [2.05, 4.69) is 10.5 Å². The van der Waals surface area contributed by atoms with Crippen LogP contribution in [0.3, 0.4) is 0 Å². The van der Waals surface area contributed by atoms with Crippen molar-refractivity contribution in [3.63, 3.8) is 0 Å². The smallest absolute Gasteiger partial charge is 0.303 e. The van der Waals surface area contributed by atoms with Crippen LogP contribution in [0.2, 0.25) is 0 Å². The molecule has 0 radical (unpaired) electrons. The van der Waals surface area contributed by atoms with Crippen molar-refractivity contribution in [3.8, 4) is 17.2 Å². The number of phenolic OH excluding ortho intramolecular Hbond substituents is 2. The van der Waals surface area contributed by atoms with Gasteiger partial charge in [0.15, 0.2) is 5.78 Å². The Bertz CT molecular complexity index is 1640. The lowest BCUT2D eigenvalue weighted by atomic mass is 9.71. The fourth-order valence-corrected chi connectivity index (χ4v) is 6.08. The zero-order valence-electron chi connectivity index (χ0n) is 26.6. The number of hydrogen-bond acceptors (Lipinski definition) is 14.